The van der Waals surface area contributed by atoms with Gasteiger partial charge in [0.1, 0.15) is 11.6 Å². The molecule has 0 aliphatic carbocycles. The van der Waals surface area contributed by atoms with Crippen LogP contribution >= 0.6 is 11.6 Å². The van der Waals surface area contributed by atoms with E-state index in [1.807, 2.05) is 0 Å². The molecule has 2 N–H and O–H groups in total. The minimum atomic E-state index is -0.418. The van der Waals surface area contributed by atoms with Gasteiger partial charge in [0.05, 0.1) is 5.02 Å². The van der Waals surface area contributed by atoms with Gasteiger partial charge < -0.3 is 5.32 Å². The largest absolute Gasteiger partial charge is 0.334 e. The van der Waals surface area contributed by atoms with Gasteiger partial charge in [-0.25, -0.2) is 14.2 Å². The Morgan fingerprint density at radius 3 is 2.84 bits per heavy atom. The SMILES string of the molecule is O=C(NCc1cccc(F)c1)Nc1ccc(Cl)cn1. The molecule has 0 saturated carbocycles. The number of hydrogen-bond acceptors (Lipinski definition) is 2. The number of benzene rings is 1. The molecule has 1 aromatic carbocycles. The number of nitrogens with zero attached hydrogens (tertiary/aromatic N) is 1. The van der Waals surface area contributed by atoms with Crippen LogP contribution in [0.25, 0.3) is 0 Å². The van der Waals surface area contributed by atoms with Gasteiger partial charge in [0.25, 0.3) is 0 Å². The van der Waals surface area contributed by atoms with Gasteiger partial charge in [-0.1, -0.05) is 23.7 Å². The number of carbonyl (C=O) groups is 1. The highest BCUT2D eigenvalue weighted by Gasteiger charge is 2.03. The van der Waals surface area contributed by atoms with Gasteiger partial charge in [-0.15, -0.1) is 0 Å². The number of amides is 2. The molecule has 2 rings (SSSR count). The fourth-order valence-electron chi connectivity index (χ4n) is 1.44. The summed E-state index contributed by atoms with van der Waals surface area (Å²) in [6, 6.07) is 8.82. The van der Waals surface area contributed by atoms with Crippen molar-refractivity contribution in [1.82, 2.24) is 10.3 Å². The minimum Gasteiger partial charge on any atom is -0.334 e. The van der Waals surface area contributed by atoms with Crippen molar-refractivity contribution in [3.05, 3.63) is 59.0 Å². The highest BCUT2D eigenvalue weighted by Crippen LogP contribution is 2.09. The molecule has 19 heavy (non-hydrogen) atoms. The standard InChI is InChI=1S/C13H11ClFN3O/c14-10-4-5-12(16-8-10)18-13(19)17-7-9-2-1-3-11(15)6-9/h1-6,8H,7H2,(H2,16,17,18,19). The van der Waals surface area contributed by atoms with E-state index in [4.69, 9.17) is 11.6 Å². The van der Waals surface area contributed by atoms with E-state index in [0.717, 1.165) is 0 Å². The maximum atomic E-state index is 12.9. The first kappa shape index (κ1) is 13.3. The highest BCUT2D eigenvalue weighted by atomic mass is 35.5. The van der Waals surface area contributed by atoms with E-state index < -0.39 is 6.03 Å². The van der Waals surface area contributed by atoms with Crippen LogP contribution in [0.3, 0.4) is 0 Å². The lowest BCUT2D eigenvalue weighted by Crippen LogP contribution is -2.28. The molecule has 0 aliphatic heterocycles. The maximum absolute atomic E-state index is 12.9. The van der Waals surface area contributed by atoms with Crippen molar-refractivity contribution in [3.63, 3.8) is 0 Å². The predicted molar refractivity (Wildman–Crippen MR) is 71.5 cm³/mol. The second-order valence-electron chi connectivity index (χ2n) is 3.80. The number of rotatable bonds is 3. The monoisotopic (exact) mass is 279 g/mol. The summed E-state index contributed by atoms with van der Waals surface area (Å²) in [6.45, 7) is 0.233. The quantitative estimate of drug-likeness (QED) is 0.906. The van der Waals surface area contributed by atoms with Gasteiger partial charge >= 0.3 is 6.03 Å². The number of hydrogen-bond donors (Lipinski definition) is 2. The molecule has 0 bridgehead atoms. The highest BCUT2D eigenvalue weighted by molar-refractivity contribution is 6.30. The summed E-state index contributed by atoms with van der Waals surface area (Å²) in [7, 11) is 0. The topological polar surface area (TPSA) is 54.0 Å². The zero-order valence-electron chi connectivity index (χ0n) is 9.86. The third-order valence-corrected chi connectivity index (χ3v) is 2.53. The summed E-state index contributed by atoms with van der Waals surface area (Å²) >= 11 is 5.68. The lowest BCUT2D eigenvalue weighted by Gasteiger charge is -2.07. The van der Waals surface area contributed by atoms with Crippen LogP contribution in [0, 0.1) is 5.82 Å². The smallest absolute Gasteiger partial charge is 0.320 e. The Balaban J connectivity index is 1.86. The molecule has 0 unspecified atom stereocenters. The molecule has 0 atom stereocenters. The van der Waals surface area contributed by atoms with Gasteiger partial charge in [-0.3, -0.25) is 5.32 Å². The summed E-state index contributed by atoms with van der Waals surface area (Å²) in [5.74, 6) is 0.0558. The Morgan fingerprint density at radius 2 is 2.16 bits per heavy atom. The molecule has 0 saturated heterocycles. The second-order valence-corrected chi connectivity index (χ2v) is 4.24. The minimum absolute atomic E-state index is 0.233. The van der Waals surface area contributed by atoms with E-state index in [1.54, 1.807) is 24.3 Å². The van der Waals surface area contributed by atoms with E-state index in [2.05, 4.69) is 15.6 Å². The van der Waals surface area contributed by atoms with Crippen LogP contribution in [0.1, 0.15) is 5.56 Å². The van der Waals surface area contributed by atoms with E-state index in [9.17, 15) is 9.18 Å². The lowest BCUT2D eigenvalue weighted by molar-refractivity contribution is 0.251. The molecule has 2 amide bonds. The van der Waals surface area contributed by atoms with Crippen LogP contribution in [-0.2, 0) is 6.54 Å². The van der Waals surface area contributed by atoms with Crippen molar-refractivity contribution in [1.29, 1.82) is 0 Å². The molecule has 0 aliphatic rings. The number of halogens is 2. The second kappa shape index (κ2) is 6.15. The summed E-state index contributed by atoms with van der Waals surface area (Å²) in [5, 5.41) is 5.63. The van der Waals surface area contributed by atoms with Crippen LogP contribution in [-0.4, -0.2) is 11.0 Å². The number of anilines is 1. The molecule has 6 heteroatoms. The summed E-state index contributed by atoms with van der Waals surface area (Å²) in [4.78, 5) is 15.5. The number of pyridine rings is 1. The molecule has 0 spiro atoms. The van der Waals surface area contributed by atoms with Gasteiger partial charge in [0.15, 0.2) is 0 Å². The molecule has 2 aromatic rings. The first-order chi connectivity index (χ1) is 9.13. The van der Waals surface area contributed by atoms with E-state index >= 15 is 0 Å². The van der Waals surface area contributed by atoms with Crippen LogP contribution in [0.2, 0.25) is 5.02 Å². The van der Waals surface area contributed by atoms with Crippen molar-refractivity contribution in [2.45, 2.75) is 6.54 Å². The fourth-order valence-corrected chi connectivity index (χ4v) is 1.55. The van der Waals surface area contributed by atoms with Gasteiger partial charge in [0, 0.05) is 12.7 Å². The van der Waals surface area contributed by atoms with Crippen LogP contribution in [0.15, 0.2) is 42.6 Å². The van der Waals surface area contributed by atoms with Crippen molar-refractivity contribution in [2.75, 3.05) is 5.32 Å². The summed E-state index contributed by atoms with van der Waals surface area (Å²) in [6.07, 6.45) is 1.43. The van der Waals surface area contributed by atoms with E-state index in [1.165, 1.54) is 18.3 Å². The van der Waals surface area contributed by atoms with Crippen molar-refractivity contribution in [2.24, 2.45) is 0 Å². The lowest BCUT2D eigenvalue weighted by atomic mass is 10.2. The molecule has 0 fully saturated rings. The van der Waals surface area contributed by atoms with Crippen molar-refractivity contribution >= 4 is 23.4 Å². The Bertz CT molecular complexity index is 574. The average Bonchev–Trinajstić information content (AvgIpc) is 2.39. The average molecular weight is 280 g/mol. The predicted octanol–water partition coefficient (Wildman–Crippen LogP) is 3.20. The number of urea groups is 1. The number of carbonyl (C=O) groups excluding carboxylic acids is 1. The van der Waals surface area contributed by atoms with Gasteiger partial charge in [-0.2, -0.15) is 0 Å². The molecule has 4 nitrogen and oxygen atoms in total. The molecular weight excluding hydrogens is 269 g/mol. The van der Waals surface area contributed by atoms with E-state index in [-0.39, 0.29) is 12.4 Å². The van der Waals surface area contributed by atoms with Crippen LogP contribution < -0.4 is 10.6 Å². The first-order valence-electron chi connectivity index (χ1n) is 5.54. The zero-order chi connectivity index (χ0) is 13.7. The molecular formula is C13H11ClFN3O. The normalized spacial score (nSPS) is 10.0. The molecule has 1 aromatic heterocycles. The Labute approximate surface area is 114 Å². The van der Waals surface area contributed by atoms with Gasteiger partial charge in [-0.05, 0) is 29.8 Å². The molecule has 0 radical (unpaired) electrons. The van der Waals surface area contributed by atoms with Crippen molar-refractivity contribution < 1.29 is 9.18 Å². The number of aromatic nitrogens is 1. The number of nitrogens with one attached hydrogen (secondary N) is 2. The fraction of sp³-hybridized carbons (Fsp3) is 0.0769. The Kier molecular flexibility index (Phi) is 4.30. The zero-order valence-corrected chi connectivity index (χ0v) is 10.6. The van der Waals surface area contributed by atoms with Crippen LogP contribution in [0.5, 0.6) is 0 Å². The summed E-state index contributed by atoms with van der Waals surface area (Å²) in [5.41, 5.74) is 0.680. The van der Waals surface area contributed by atoms with Crippen LogP contribution in [0.4, 0.5) is 15.0 Å². The summed E-state index contributed by atoms with van der Waals surface area (Å²) < 4.78 is 12.9. The third kappa shape index (κ3) is 4.22. The molecule has 98 valence electrons. The first-order valence-corrected chi connectivity index (χ1v) is 5.92. The van der Waals surface area contributed by atoms with Gasteiger partial charge in [0.2, 0.25) is 0 Å². The maximum Gasteiger partial charge on any atom is 0.320 e. The Morgan fingerprint density at radius 1 is 1.32 bits per heavy atom. The van der Waals surface area contributed by atoms with E-state index in [0.29, 0.717) is 16.4 Å². The Hall–Kier alpha value is -2.14. The third-order valence-electron chi connectivity index (χ3n) is 2.31. The van der Waals surface area contributed by atoms with Crippen molar-refractivity contribution in [3.8, 4) is 0 Å². The molecule has 1 heterocycles.